The van der Waals surface area contributed by atoms with E-state index in [2.05, 4.69) is 16.8 Å². The molecule has 2 heterocycles. The summed E-state index contributed by atoms with van der Waals surface area (Å²) in [5.74, 6) is 0.0360. The van der Waals surface area contributed by atoms with E-state index < -0.39 is 12.1 Å². The second kappa shape index (κ2) is 7.05. The third-order valence-corrected chi connectivity index (χ3v) is 5.44. The molecule has 1 aliphatic rings. The number of rotatable bonds is 4. The van der Waals surface area contributed by atoms with Crippen molar-refractivity contribution in [3.63, 3.8) is 0 Å². The predicted molar refractivity (Wildman–Crippen MR) is 94.7 cm³/mol. The highest BCUT2D eigenvalue weighted by Crippen LogP contribution is 2.26. The molecule has 5 nitrogen and oxygen atoms in total. The minimum Gasteiger partial charge on any atom is -0.352 e. The van der Waals surface area contributed by atoms with Crippen LogP contribution in [-0.4, -0.2) is 23.4 Å². The van der Waals surface area contributed by atoms with E-state index in [-0.39, 0.29) is 12.3 Å². The lowest BCUT2D eigenvalue weighted by Gasteiger charge is -2.29. The first-order valence-corrected chi connectivity index (χ1v) is 8.87. The van der Waals surface area contributed by atoms with Crippen molar-refractivity contribution in [3.8, 4) is 0 Å². The number of carbonyl (C=O) groups excluding carboxylic acids is 2. The molecule has 0 unspecified atom stereocenters. The Bertz CT molecular complexity index is 756. The lowest BCUT2D eigenvalue weighted by Crippen LogP contribution is -2.40. The van der Waals surface area contributed by atoms with Crippen LogP contribution in [0.25, 0.3) is 0 Å². The molecule has 24 heavy (non-hydrogen) atoms. The Balaban J connectivity index is 1.74. The van der Waals surface area contributed by atoms with Crippen LogP contribution in [0.15, 0.2) is 35.7 Å². The zero-order valence-corrected chi connectivity index (χ0v) is 14.4. The second-order valence-electron chi connectivity index (χ2n) is 6.06. The van der Waals surface area contributed by atoms with Crippen molar-refractivity contribution < 1.29 is 9.59 Å². The number of primary amides is 1. The quantitative estimate of drug-likeness (QED) is 0.896. The topological polar surface area (TPSA) is 75.4 Å². The van der Waals surface area contributed by atoms with Crippen LogP contribution in [0.2, 0.25) is 0 Å². The van der Waals surface area contributed by atoms with Crippen LogP contribution in [-0.2, 0) is 17.8 Å². The molecule has 1 aromatic heterocycles. The number of aryl methyl sites for hydroxylation is 1. The Kier molecular flexibility index (Phi) is 4.85. The summed E-state index contributed by atoms with van der Waals surface area (Å²) in [6.07, 6.45) is 1.12. The average Bonchev–Trinajstić information content (AvgIpc) is 3.01. The number of urea groups is 1. The lowest BCUT2D eigenvalue weighted by molar-refractivity contribution is -0.132. The average molecular weight is 343 g/mol. The predicted octanol–water partition coefficient (Wildman–Crippen LogP) is 2.74. The molecule has 0 fully saturated rings. The van der Waals surface area contributed by atoms with Gasteiger partial charge in [0.05, 0.1) is 12.5 Å². The van der Waals surface area contributed by atoms with Gasteiger partial charge in [0.15, 0.2) is 0 Å². The van der Waals surface area contributed by atoms with Crippen LogP contribution < -0.4 is 11.1 Å². The van der Waals surface area contributed by atoms with Gasteiger partial charge >= 0.3 is 6.03 Å². The van der Waals surface area contributed by atoms with Gasteiger partial charge in [-0.1, -0.05) is 24.3 Å². The summed E-state index contributed by atoms with van der Waals surface area (Å²) in [5, 5.41) is 4.79. The molecule has 3 rings (SSSR count). The SMILES string of the molecule is Cc1ccccc1[C@@H](CC(=O)N1CCc2sccc2C1)NC(N)=O. The van der Waals surface area contributed by atoms with E-state index in [1.165, 1.54) is 10.4 Å². The van der Waals surface area contributed by atoms with E-state index in [1.54, 1.807) is 11.3 Å². The normalized spacial score (nSPS) is 14.8. The first kappa shape index (κ1) is 16.5. The third kappa shape index (κ3) is 3.59. The van der Waals surface area contributed by atoms with Gasteiger partial charge in [0.1, 0.15) is 0 Å². The fourth-order valence-electron chi connectivity index (χ4n) is 3.15. The monoisotopic (exact) mass is 343 g/mol. The number of nitrogens with two attached hydrogens (primary N) is 1. The van der Waals surface area contributed by atoms with Gasteiger partial charge in [0.2, 0.25) is 5.91 Å². The van der Waals surface area contributed by atoms with Crippen molar-refractivity contribution in [2.45, 2.75) is 32.4 Å². The van der Waals surface area contributed by atoms with Crippen molar-refractivity contribution in [1.82, 2.24) is 10.2 Å². The maximum Gasteiger partial charge on any atom is 0.312 e. The van der Waals surface area contributed by atoms with Crippen molar-refractivity contribution in [3.05, 3.63) is 57.3 Å². The molecule has 2 aromatic rings. The van der Waals surface area contributed by atoms with Gasteiger partial charge in [-0.15, -0.1) is 11.3 Å². The first-order valence-electron chi connectivity index (χ1n) is 7.99. The highest BCUT2D eigenvalue weighted by atomic mass is 32.1. The lowest BCUT2D eigenvalue weighted by atomic mass is 9.98. The molecular formula is C18H21N3O2S. The molecule has 0 aliphatic carbocycles. The van der Waals surface area contributed by atoms with Crippen LogP contribution in [0.4, 0.5) is 4.79 Å². The number of thiophene rings is 1. The van der Waals surface area contributed by atoms with Gasteiger partial charge in [-0.3, -0.25) is 4.79 Å². The van der Waals surface area contributed by atoms with E-state index in [0.29, 0.717) is 6.54 Å². The fourth-order valence-corrected chi connectivity index (χ4v) is 4.04. The van der Waals surface area contributed by atoms with Crippen molar-refractivity contribution in [2.24, 2.45) is 5.73 Å². The van der Waals surface area contributed by atoms with Crippen LogP contribution in [0, 0.1) is 6.92 Å². The Morgan fingerprint density at radius 2 is 2.12 bits per heavy atom. The number of fused-ring (bicyclic) bond motifs is 1. The molecule has 1 atom stereocenters. The number of hydrogen-bond acceptors (Lipinski definition) is 3. The summed E-state index contributed by atoms with van der Waals surface area (Å²) in [6, 6.07) is 8.80. The smallest absolute Gasteiger partial charge is 0.312 e. The Morgan fingerprint density at radius 1 is 1.33 bits per heavy atom. The van der Waals surface area contributed by atoms with Crippen LogP contribution in [0.3, 0.4) is 0 Å². The molecule has 0 saturated carbocycles. The number of benzene rings is 1. The Labute approximate surface area is 145 Å². The van der Waals surface area contributed by atoms with E-state index in [4.69, 9.17) is 5.73 Å². The molecular weight excluding hydrogens is 322 g/mol. The maximum absolute atomic E-state index is 12.7. The number of carbonyl (C=O) groups is 2. The summed E-state index contributed by atoms with van der Waals surface area (Å²) >= 11 is 1.75. The molecule has 0 radical (unpaired) electrons. The molecule has 3 N–H and O–H groups in total. The van der Waals surface area contributed by atoms with Gasteiger partial charge in [-0.05, 0) is 41.5 Å². The molecule has 6 heteroatoms. The summed E-state index contributed by atoms with van der Waals surface area (Å²) in [5.41, 5.74) is 8.50. The van der Waals surface area contributed by atoms with Crippen LogP contribution in [0.1, 0.15) is 34.0 Å². The van der Waals surface area contributed by atoms with Crippen LogP contribution >= 0.6 is 11.3 Å². The van der Waals surface area contributed by atoms with Gasteiger partial charge in [0, 0.05) is 18.0 Å². The van der Waals surface area contributed by atoms with Crippen molar-refractivity contribution >= 4 is 23.3 Å². The Hall–Kier alpha value is -2.34. The summed E-state index contributed by atoms with van der Waals surface area (Å²) in [4.78, 5) is 27.3. The Morgan fingerprint density at radius 3 is 2.88 bits per heavy atom. The molecule has 126 valence electrons. The molecule has 1 aromatic carbocycles. The molecule has 1 aliphatic heterocycles. The maximum atomic E-state index is 12.7. The molecule has 0 spiro atoms. The van der Waals surface area contributed by atoms with Gasteiger partial charge in [0.25, 0.3) is 0 Å². The summed E-state index contributed by atoms with van der Waals surface area (Å²) in [6.45, 7) is 3.34. The number of nitrogens with zero attached hydrogens (tertiary/aromatic N) is 1. The minimum atomic E-state index is -0.616. The van der Waals surface area contributed by atoms with Gasteiger partial charge < -0.3 is 16.0 Å². The summed E-state index contributed by atoms with van der Waals surface area (Å²) in [7, 11) is 0. The minimum absolute atomic E-state index is 0.0360. The number of nitrogens with one attached hydrogen (secondary N) is 1. The highest BCUT2D eigenvalue weighted by molar-refractivity contribution is 7.10. The highest BCUT2D eigenvalue weighted by Gasteiger charge is 2.25. The van der Waals surface area contributed by atoms with E-state index in [9.17, 15) is 9.59 Å². The number of hydrogen-bond donors (Lipinski definition) is 2. The standard InChI is InChI=1S/C18H21N3O2S/c1-12-4-2-3-5-14(12)15(20-18(19)23)10-17(22)21-8-6-16-13(11-21)7-9-24-16/h2-5,7,9,15H,6,8,10-11H2,1H3,(H3,19,20,23)/t15-/m1/s1. The molecule has 0 saturated heterocycles. The zero-order chi connectivity index (χ0) is 17.1. The largest absolute Gasteiger partial charge is 0.352 e. The van der Waals surface area contributed by atoms with Crippen molar-refractivity contribution in [2.75, 3.05) is 6.54 Å². The van der Waals surface area contributed by atoms with Crippen molar-refractivity contribution in [1.29, 1.82) is 0 Å². The summed E-state index contributed by atoms with van der Waals surface area (Å²) < 4.78 is 0. The third-order valence-electron chi connectivity index (χ3n) is 4.42. The molecule has 0 bridgehead atoms. The van der Waals surface area contributed by atoms with Gasteiger partial charge in [-0.25, -0.2) is 4.79 Å². The first-order chi connectivity index (χ1) is 11.5. The fraction of sp³-hybridized carbons (Fsp3) is 0.333. The van der Waals surface area contributed by atoms with Crippen LogP contribution in [0.5, 0.6) is 0 Å². The van der Waals surface area contributed by atoms with E-state index in [1.807, 2.05) is 36.1 Å². The zero-order valence-electron chi connectivity index (χ0n) is 13.6. The van der Waals surface area contributed by atoms with Gasteiger partial charge in [-0.2, -0.15) is 0 Å². The molecule has 3 amide bonds. The van der Waals surface area contributed by atoms with E-state index >= 15 is 0 Å². The second-order valence-corrected chi connectivity index (χ2v) is 7.06. The number of amides is 3. The van der Waals surface area contributed by atoms with E-state index in [0.717, 1.165) is 24.1 Å².